The summed E-state index contributed by atoms with van der Waals surface area (Å²) in [7, 11) is 1.68. The average Bonchev–Trinajstić information content (AvgIpc) is 2.68. The molecule has 1 heterocycles. The van der Waals surface area contributed by atoms with E-state index < -0.39 is 0 Å². The number of nitrogens with zero attached hydrogens (tertiary/aromatic N) is 2. The first-order valence-corrected chi connectivity index (χ1v) is 8.82. The summed E-state index contributed by atoms with van der Waals surface area (Å²) in [5.74, 6) is 0.860. The molecule has 0 saturated carbocycles. The molecule has 0 atom stereocenters. The van der Waals surface area contributed by atoms with E-state index >= 15 is 0 Å². The Morgan fingerprint density at radius 2 is 1.96 bits per heavy atom. The van der Waals surface area contributed by atoms with Crippen molar-refractivity contribution in [3.63, 3.8) is 0 Å². The lowest BCUT2D eigenvalue weighted by Gasteiger charge is -2.35. The molecule has 3 rings (SSSR count). The third kappa shape index (κ3) is 3.80. The summed E-state index contributed by atoms with van der Waals surface area (Å²) in [5, 5.41) is 13.0. The van der Waals surface area contributed by atoms with Crippen LogP contribution in [0.15, 0.2) is 42.5 Å². The number of hydrogen-bond donors (Lipinski definition) is 1. The van der Waals surface area contributed by atoms with Crippen LogP contribution in [0, 0.1) is 11.3 Å². The van der Waals surface area contributed by atoms with Crippen molar-refractivity contribution in [3.8, 4) is 11.8 Å². The van der Waals surface area contributed by atoms with Crippen molar-refractivity contribution in [2.75, 3.05) is 30.4 Å². The fourth-order valence-corrected chi connectivity index (χ4v) is 3.36. The van der Waals surface area contributed by atoms with Gasteiger partial charge in [-0.25, -0.2) is 0 Å². The predicted octanol–water partition coefficient (Wildman–Crippen LogP) is 3.85. The van der Waals surface area contributed by atoms with Gasteiger partial charge < -0.3 is 15.0 Å². The Balaban J connectivity index is 1.70. The first kappa shape index (κ1) is 17.8. The molecule has 1 aliphatic rings. The number of carbonyl (C=O) groups is 1. The molecule has 0 bridgehead atoms. The molecule has 1 N–H and O–H groups in total. The highest BCUT2D eigenvalue weighted by Crippen LogP contribution is 2.29. The van der Waals surface area contributed by atoms with E-state index in [-0.39, 0.29) is 5.78 Å². The van der Waals surface area contributed by atoms with Crippen LogP contribution in [0.5, 0.6) is 5.75 Å². The van der Waals surface area contributed by atoms with Crippen LogP contribution in [0.1, 0.15) is 35.7 Å². The lowest BCUT2D eigenvalue weighted by Crippen LogP contribution is -2.39. The van der Waals surface area contributed by atoms with Crippen LogP contribution in [-0.2, 0) is 0 Å². The summed E-state index contributed by atoms with van der Waals surface area (Å²) in [5.41, 5.74) is 3.13. The van der Waals surface area contributed by atoms with Gasteiger partial charge in [-0.05, 0) is 50.1 Å². The molecule has 1 aliphatic heterocycles. The van der Waals surface area contributed by atoms with Crippen LogP contribution >= 0.6 is 0 Å². The topological polar surface area (TPSA) is 65.4 Å². The Labute approximate surface area is 154 Å². The molecule has 0 spiro atoms. The van der Waals surface area contributed by atoms with Gasteiger partial charge >= 0.3 is 0 Å². The highest BCUT2D eigenvalue weighted by Gasteiger charge is 2.22. The van der Waals surface area contributed by atoms with Crippen molar-refractivity contribution in [1.29, 1.82) is 5.26 Å². The Bertz CT molecular complexity index is 833. The Morgan fingerprint density at radius 3 is 2.62 bits per heavy atom. The number of nitrogens with one attached hydrogen (secondary N) is 1. The fourth-order valence-electron chi connectivity index (χ4n) is 3.36. The number of piperidine rings is 1. The molecule has 0 unspecified atom stereocenters. The molecule has 0 aromatic heterocycles. The van der Waals surface area contributed by atoms with Gasteiger partial charge in [-0.1, -0.05) is 12.1 Å². The summed E-state index contributed by atoms with van der Waals surface area (Å²) in [6.07, 6.45) is 1.90. The van der Waals surface area contributed by atoms with Gasteiger partial charge in [0.05, 0.1) is 24.0 Å². The molecule has 2 aromatic carbocycles. The molecule has 134 valence electrons. The zero-order valence-corrected chi connectivity index (χ0v) is 15.2. The Hall–Kier alpha value is -3.00. The van der Waals surface area contributed by atoms with Crippen LogP contribution in [0.3, 0.4) is 0 Å². The lowest BCUT2D eigenvalue weighted by atomic mass is 10.0. The second-order valence-corrected chi connectivity index (χ2v) is 6.51. The zero-order chi connectivity index (χ0) is 18.5. The van der Waals surface area contributed by atoms with Crippen LogP contribution in [0.25, 0.3) is 0 Å². The molecule has 0 radical (unpaired) electrons. The number of benzene rings is 2. The molecule has 1 fully saturated rings. The largest absolute Gasteiger partial charge is 0.495 e. The molecule has 1 saturated heterocycles. The quantitative estimate of drug-likeness (QED) is 0.831. The number of para-hydroxylation sites is 2. The minimum absolute atomic E-state index is 0.0171. The van der Waals surface area contributed by atoms with Gasteiger partial charge in [0.15, 0.2) is 5.78 Å². The van der Waals surface area contributed by atoms with Crippen LogP contribution < -0.4 is 15.0 Å². The summed E-state index contributed by atoms with van der Waals surface area (Å²) < 4.78 is 5.40. The van der Waals surface area contributed by atoms with E-state index in [1.165, 1.54) is 0 Å². The number of rotatable bonds is 5. The van der Waals surface area contributed by atoms with E-state index in [1.54, 1.807) is 26.2 Å². The SMILES string of the molecule is COc1ccccc1NC1CCN(c2cc(C(C)=O)ccc2C#N)CC1. The van der Waals surface area contributed by atoms with Gasteiger partial charge in [0.1, 0.15) is 11.8 Å². The van der Waals surface area contributed by atoms with Gasteiger partial charge in [-0.3, -0.25) is 4.79 Å². The van der Waals surface area contributed by atoms with E-state index in [0.717, 1.165) is 43.1 Å². The van der Waals surface area contributed by atoms with Crippen molar-refractivity contribution in [1.82, 2.24) is 0 Å². The first-order valence-electron chi connectivity index (χ1n) is 8.82. The molecular weight excluding hydrogens is 326 g/mol. The van der Waals surface area contributed by atoms with E-state index in [9.17, 15) is 10.1 Å². The molecule has 26 heavy (non-hydrogen) atoms. The standard InChI is InChI=1S/C21H23N3O2/c1-15(25)16-7-8-17(14-22)20(13-16)24-11-9-18(10-12-24)23-19-5-3-4-6-21(19)26-2/h3-8,13,18,23H,9-12H2,1-2H3. The number of anilines is 2. The minimum Gasteiger partial charge on any atom is -0.495 e. The zero-order valence-electron chi connectivity index (χ0n) is 15.2. The monoisotopic (exact) mass is 349 g/mol. The third-order valence-electron chi connectivity index (χ3n) is 4.83. The number of methoxy groups -OCH3 is 1. The number of ether oxygens (including phenoxy) is 1. The maximum Gasteiger partial charge on any atom is 0.159 e. The number of hydrogen-bond acceptors (Lipinski definition) is 5. The van der Waals surface area contributed by atoms with Gasteiger partial charge in [0, 0.05) is 24.7 Å². The number of carbonyl (C=O) groups excluding carboxylic acids is 1. The van der Waals surface area contributed by atoms with E-state index in [2.05, 4.69) is 16.3 Å². The Kier molecular flexibility index (Phi) is 5.43. The van der Waals surface area contributed by atoms with E-state index in [0.29, 0.717) is 17.2 Å². The second-order valence-electron chi connectivity index (χ2n) is 6.51. The Morgan fingerprint density at radius 1 is 1.23 bits per heavy atom. The lowest BCUT2D eigenvalue weighted by molar-refractivity contribution is 0.101. The van der Waals surface area contributed by atoms with E-state index in [1.807, 2.05) is 30.3 Å². The average molecular weight is 349 g/mol. The number of ketones is 1. The first-order chi connectivity index (χ1) is 12.6. The summed E-state index contributed by atoms with van der Waals surface area (Å²) >= 11 is 0. The van der Waals surface area contributed by atoms with Crippen molar-refractivity contribution >= 4 is 17.2 Å². The van der Waals surface area contributed by atoms with Crippen LogP contribution in [-0.4, -0.2) is 32.0 Å². The molecule has 0 aliphatic carbocycles. The third-order valence-corrected chi connectivity index (χ3v) is 4.83. The molecule has 5 heteroatoms. The number of Topliss-reactive ketones (excluding diaryl/α,β-unsaturated/α-hetero) is 1. The second kappa shape index (κ2) is 7.92. The highest BCUT2D eigenvalue weighted by molar-refractivity contribution is 5.95. The summed E-state index contributed by atoms with van der Waals surface area (Å²) in [6.45, 7) is 3.22. The normalized spacial score (nSPS) is 14.6. The summed E-state index contributed by atoms with van der Waals surface area (Å²) in [4.78, 5) is 13.9. The highest BCUT2D eigenvalue weighted by atomic mass is 16.5. The number of nitriles is 1. The van der Waals surface area contributed by atoms with Gasteiger partial charge in [0.25, 0.3) is 0 Å². The fraction of sp³-hybridized carbons (Fsp3) is 0.333. The van der Waals surface area contributed by atoms with Gasteiger partial charge in [-0.2, -0.15) is 5.26 Å². The maximum absolute atomic E-state index is 11.7. The smallest absolute Gasteiger partial charge is 0.159 e. The summed E-state index contributed by atoms with van der Waals surface area (Å²) in [6, 6.07) is 15.8. The molecule has 0 amide bonds. The van der Waals surface area contributed by atoms with Gasteiger partial charge in [0.2, 0.25) is 0 Å². The van der Waals surface area contributed by atoms with E-state index in [4.69, 9.17) is 4.74 Å². The van der Waals surface area contributed by atoms with Gasteiger partial charge in [-0.15, -0.1) is 0 Å². The molecule has 5 nitrogen and oxygen atoms in total. The minimum atomic E-state index is 0.0171. The molecule has 2 aromatic rings. The van der Waals surface area contributed by atoms with Crippen molar-refractivity contribution in [2.45, 2.75) is 25.8 Å². The molecular formula is C21H23N3O2. The predicted molar refractivity (Wildman–Crippen MR) is 103 cm³/mol. The maximum atomic E-state index is 11.7. The van der Waals surface area contributed by atoms with Crippen molar-refractivity contribution < 1.29 is 9.53 Å². The van der Waals surface area contributed by atoms with Crippen molar-refractivity contribution in [3.05, 3.63) is 53.6 Å². The van der Waals surface area contributed by atoms with Crippen LogP contribution in [0.4, 0.5) is 11.4 Å². The van der Waals surface area contributed by atoms with Crippen molar-refractivity contribution in [2.24, 2.45) is 0 Å². The van der Waals surface area contributed by atoms with Crippen LogP contribution in [0.2, 0.25) is 0 Å².